The average Bonchev–Trinajstić information content (AvgIpc) is 2.92. The molecule has 1 aliphatic rings. The van der Waals surface area contributed by atoms with E-state index in [2.05, 4.69) is 71.2 Å². The van der Waals surface area contributed by atoms with Gasteiger partial charge in [0.2, 0.25) is 0 Å². The van der Waals surface area contributed by atoms with Gasteiger partial charge >= 0.3 is 6.03 Å². The number of nitrogens with one attached hydrogen (secondary N) is 2. The molecule has 1 atom stereocenters. The molecule has 0 radical (unpaired) electrons. The molecule has 1 fully saturated rings. The van der Waals surface area contributed by atoms with Crippen molar-refractivity contribution >= 4 is 23.7 Å². The summed E-state index contributed by atoms with van der Waals surface area (Å²) in [4.78, 5) is 24.7. The van der Waals surface area contributed by atoms with E-state index >= 15 is 0 Å². The van der Waals surface area contributed by atoms with E-state index in [0.717, 1.165) is 41.0 Å². The van der Waals surface area contributed by atoms with Crippen LogP contribution in [0.1, 0.15) is 90.8 Å². The molecule has 0 saturated carbocycles. The van der Waals surface area contributed by atoms with Crippen LogP contribution in [-0.4, -0.2) is 34.1 Å². The highest BCUT2D eigenvalue weighted by Crippen LogP contribution is 2.40. The molecule has 31 heavy (non-hydrogen) atoms. The van der Waals surface area contributed by atoms with Gasteiger partial charge < -0.3 is 10.4 Å². The molecule has 174 valence electrons. The summed E-state index contributed by atoms with van der Waals surface area (Å²) in [6.45, 7) is 14.7. The number of amides is 3. The van der Waals surface area contributed by atoms with Crippen molar-refractivity contribution in [2.24, 2.45) is 0 Å². The van der Waals surface area contributed by atoms with Crippen molar-refractivity contribution in [2.45, 2.75) is 96.9 Å². The van der Waals surface area contributed by atoms with Gasteiger partial charge in [0.05, 0.1) is 0 Å². The van der Waals surface area contributed by atoms with Crippen molar-refractivity contribution in [3.05, 3.63) is 28.8 Å². The van der Waals surface area contributed by atoms with Crippen LogP contribution in [0, 0.1) is 0 Å². The molecule has 1 heterocycles. The number of thioether (sulfide) groups is 1. The maximum Gasteiger partial charge on any atom is 0.322 e. The summed E-state index contributed by atoms with van der Waals surface area (Å²) in [5.74, 6) is 2.05. The van der Waals surface area contributed by atoms with Crippen LogP contribution in [-0.2, 0) is 22.0 Å². The van der Waals surface area contributed by atoms with Gasteiger partial charge in [-0.3, -0.25) is 10.1 Å². The first-order chi connectivity index (χ1) is 14.3. The number of carbonyl (C=O) groups is 2. The highest BCUT2D eigenvalue weighted by Gasteiger charge is 2.45. The first-order valence-corrected chi connectivity index (χ1v) is 12.5. The lowest BCUT2D eigenvalue weighted by Crippen LogP contribution is -2.47. The molecule has 1 unspecified atom stereocenters. The topological polar surface area (TPSA) is 78.4 Å². The van der Waals surface area contributed by atoms with Crippen LogP contribution in [0.2, 0.25) is 0 Å². The molecule has 0 aliphatic carbocycles. The Labute approximate surface area is 192 Å². The van der Waals surface area contributed by atoms with E-state index in [1.54, 1.807) is 0 Å². The minimum atomic E-state index is -0.863. The standard InChI is InChI=1S/C25H40N2O3S/c1-8-9-13-31-14-12-25(21(29)26-22(30)27-25)11-10-17-15-18(23(2,3)4)20(28)19(16-17)24(5,6)7/h15-16,28H,8-14H2,1-7H3,(H2,26,27,29,30). The molecule has 1 saturated heterocycles. The zero-order chi connectivity index (χ0) is 23.4. The highest BCUT2D eigenvalue weighted by atomic mass is 32.2. The number of phenols is 1. The Balaban J connectivity index is 2.28. The number of benzene rings is 1. The molecule has 0 bridgehead atoms. The fourth-order valence-corrected chi connectivity index (χ4v) is 5.13. The summed E-state index contributed by atoms with van der Waals surface area (Å²) < 4.78 is 0. The summed E-state index contributed by atoms with van der Waals surface area (Å²) in [7, 11) is 0. The Bertz CT molecular complexity index is 773. The van der Waals surface area contributed by atoms with E-state index in [-0.39, 0.29) is 16.7 Å². The number of hydrogen-bond donors (Lipinski definition) is 3. The Hall–Kier alpha value is -1.69. The second kappa shape index (κ2) is 9.85. The summed E-state index contributed by atoms with van der Waals surface area (Å²) >= 11 is 1.84. The van der Waals surface area contributed by atoms with Crippen molar-refractivity contribution < 1.29 is 14.7 Å². The molecule has 2 rings (SSSR count). The van der Waals surface area contributed by atoms with Gasteiger partial charge in [-0.25, -0.2) is 4.79 Å². The zero-order valence-corrected chi connectivity index (χ0v) is 21.1. The van der Waals surface area contributed by atoms with Crippen molar-refractivity contribution in [3.8, 4) is 5.75 Å². The molecule has 1 aromatic rings. The number of imide groups is 1. The van der Waals surface area contributed by atoms with E-state index in [1.165, 1.54) is 0 Å². The van der Waals surface area contributed by atoms with Gasteiger partial charge in [-0.1, -0.05) is 67.0 Å². The summed E-state index contributed by atoms with van der Waals surface area (Å²) in [5, 5.41) is 16.3. The number of aromatic hydroxyl groups is 1. The van der Waals surface area contributed by atoms with Crippen LogP contribution in [0.5, 0.6) is 5.75 Å². The molecule has 6 heteroatoms. The van der Waals surface area contributed by atoms with Crippen molar-refractivity contribution in [2.75, 3.05) is 11.5 Å². The van der Waals surface area contributed by atoms with E-state index in [1.807, 2.05) is 11.8 Å². The minimum Gasteiger partial charge on any atom is -0.507 e. The summed E-state index contributed by atoms with van der Waals surface area (Å²) in [6, 6.07) is 3.71. The lowest BCUT2D eigenvalue weighted by molar-refractivity contribution is -0.124. The van der Waals surface area contributed by atoms with Crippen LogP contribution < -0.4 is 10.6 Å². The lowest BCUT2D eigenvalue weighted by atomic mass is 9.77. The zero-order valence-electron chi connectivity index (χ0n) is 20.3. The van der Waals surface area contributed by atoms with Gasteiger partial charge in [0, 0.05) is 0 Å². The third-order valence-corrected chi connectivity index (χ3v) is 7.03. The maximum absolute atomic E-state index is 12.7. The second-order valence-electron chi connectivity index (χ2n) is 10.7. The quantitative estimate of drug-likeness (QED) is 0.348. The van der Waals surface area contributed by atoms with Crippen molar-refractivity contribution in [1.82, 2.24) is 10.6 Å². The lowest BCUT2D eigenvalue weighted by Gasteiger charge is -2.29. The van der Waals surface area contributed by atoms with Gasteiger partial charge in [0.1, 0.15) is 11.3 Å². The summed E-state index contributed by atoms with van der Waals surface area (Å²) in [6.07, 6.45) is 4.13. The van der Waals surface area contributed by atoms with Gasteiger partial charge in [0.25, 0.3) is 5.91 Å². The first-order valence-electron chi connectivity index (χ1n) is 11.4. The Kier molecular flexibility index (Phi) is 8.12. The van der Waals surface area contributed by atoms with E-state index in [4.69, 9.17) is 0 Å². The Morgan fingerprint density at radius 1 is 0.968 bits per heavy atom. The predicted molar refractivity (Wildman–Crippen MR) is 130 cm³/mol. The van der Waals surface area contributed by atoms with Gasteiger partial charge in [-0.05, 0) is 64.7 Å². The minimum absolute atomic E-state index is 0.202. The van der Waals surface area contributed by atoms with Crippen LogP contribution in [0.4, 0.5) is 4.79 Å². The predicted octanol–water partition coefficient (Wildman–Crippen LogP) is 5.42. The number of rotatable bonds is 9. The van der Waals surface area contributed by atoms with Gasteiger partial charge in [0.15, 0.2) is 0 Å². The third kappa shape index (κ3) is 6.41. The van der Waals surface area contributed by atoms with Crippen molar-refractivity contribution in [1.29, 1.82) is 0 Å². The molecule has 5 nitrogen and oxygen atoms in total. The third-order valence-electron chi connectivity index (χ3n) is 5.96. The monoisotopic (exact) mass is 448 g/mol. The smallest absolute Gasteiger partial charge is 0.322 e. The molecular weight excluding hydrogens is 408 g/mol. The molecule has 3 amide bonds. The van der Waals surface area contributed by atoms with Crippen LogP contribution in [0.15, 0.2) is 12.1 Å². The van der Waals surface area contributed by atoms with E-state index in [0.29, 0.717) is 25.0 Å². The fourth-order valence-electron chi connectivity index (χ4n) is 3.94. The Morgan fingerprint density at radius 2 is 1.55 bits per heavy atom. The highest BCUT2D eigenvalue weighted by molar-refractivity contribution is 7.99. The van der Waals surface area contributed by atoms with Crippen molar-refractivity contribution in [3.63, 3.8) is 0 Å². The summed E-state index contributed by atoms with van der Waals surface area (Å²) in [5.41, 5.74) is 1.65. The molecule has 0 spiro atoms. The number of unbranched alkanes of at least 4 members (excludes halogenated alkanes) is 1. The first kappa shape index (κ1) is 25.6. The Morgan fingerprint density at radius 3 is 2.00 bits per heavy atom. The largest absolute Gasteiger partial charge is 0.507 e. The number of carbonyl (C=O) groups excluding carboxylic acids is 2. The van der Waals surface area contributed by atoms with E-state index in [9.17, 15) is 14.7 Å². The number of hydrogen-bond acceptors (Lipinski definition) is 4. The number of urea groups is 1. The average molecular weight is 449 g/mol. The van der Waals surface area contributed by atoms with Crippen LogP contribution in [0.25, 0.3) is 0 Å². The molecule has 1 aromatic carbocycles. The molecule has 1 aliphatic heterocycles. The second-order valence-corrected chi connectivity index (χ2v) is 12.0. The normalized spacial score (nSPS) is 19.5. The fraction of sp³-hybridized carbons (Fsp3) is 0.680. The van der Waals surface area contributed by atoms with Crippen LogP contribution >= 0.6 is 11.8 Å². The number of phenolic OH excluding ortho intramolecular Hbond substituents is 1. The van der Waals surface area contributed by atoms with Gasteiger partial charge in [-0.15, -0.1) is 0 Å². The molecule has 0 aromatic heterocycles. The number of aryl methyl sites for hydroxylation is 1. The van der Waals surface area contributed by atoms with Gasteiger partial charge in [-0.2, -0.15) is 11.8 Å². The molecular formula is C25H40N2O3S. The SMILES string of the molecule is CCCCSCCC1(CCc2cc(C(C)(C)C)c(O)c(C(C)(C)C)c2)NC(=O)NC1=O. The van der Waals surface area contributed by atoms with Crippen LogP contribution in [0.3, 0.4) is 0 Å². The maximum atomic E-state index is 12.7. The van der Waals surface area contributed by atoms with E-state index < -0.39 is 11.6 Å². The molecule has 3 N–H and O–H groups in total.